The molecule has 5 nitrogen and oxygen atoms in total. The van der Waals surface area contributed by atoms with Crippen LogP contribution < -0.4 is 5.32 Å². The van der Waals surface area contributed by atoms with Gasteiger partial charge in [-0.05, 0) is 12.1 Å². The number of halogens is 2. The lowest BCUT2D eigenvalue weighted by atomic mass is 10.1. The van der Waals surface area contributed by atoms with Gasteiger partial charge in [0, 0.05) is 34.5 Å². The minimum Gasteiger partial charge on any atom is -0.386 e. The SMILES string of the molecule is O=C(NC[C@@H](O)c1c(Cl)cccc1Cl)c1cnccn1. The maximum absolute atomic E-state index is 11.8. The number of nitrogens with zero attached hydrogens (tertiary/aromatic N) is 2. The molecular formula is C13H11Cl2N3O2. The number of hydrogen-bond acceptors (Lipinski definition) is 4. The Bertz CT molecular complexity index is 588. The fourth-order valence-corrected chi connectivity index (χ4v) is 2.28. The second kappa shape index (κ2) is 6.65. The summed E-state index contributed by atoms with van der Waals surface area (Å²) < 4.78 is 0. The normalized spacial score (nSPS) is 11.9. The highest BCUT2D eigenvalue weighted by Gasteiger charge is 2.17. The summed E-state index contributed by atoms with van der Waals surface area (Å²) >= 11 is 12.0. The van der Waals surface area contributed by atoms with Gasteiger partial charge in [-0.2, -0.15) is 0 Å². The van der Waals surface area contributed by atoms with Crippen LogP contribution in [-0.2, 0) is 0 Å². The summed E-state index contributed by atoms with van der Waals surface area (Å²) in [5.41, 5.74) is 0.556. The molecule has 1 atom stereocenters. The summed E-state index contributed by atoms with van der Waals surface area (Å²) in [6.07, 6.45) is 3.21. The van der Waals surface area contributed by atoms with Crippen LogP contribution in [0.1, 0.15) is 22.2 Å². The molecular weight excluding hydrogens is 301 g/mol. The first kappa shape index (κ1) is 14.7. The summed E-state index contributed by atoms with van der Waals surface area (Å²) in [6, 6.07) is 4.92. The van der Waals surface area contributed by atoms with Gasteiger partial charge in [-0.25, -0.2) is 4.98 Å². The fraction of sp³-hybridized carbons (Fsp3) is 0.154. The molecule has 1 aromatic heterocycles. The monoisotopic (exact) mass is 311 g/mol. The van der Waals surface area contributed by atoms with E-state index in [1.807, 2.05) is 0 Å². The first-order valence-corrected chi connectivity index (χ1v) is 6.51. The third-order valence-corrected chi connectivity index (χ3v) is 3.24. The number of carbonyl (C=O) groups is 1. The number of hydrogen-bond donors (Lipinski definition) is 2. The Balaban J connectivity index is 2.02. The standard InChI is InChI=1S/C13H11Cl2N3O2/c14-8-2-1-3-9(15)12(8)11(19)7-18-13(20)10-6-16-4-5-17-10/h1-6,11,19H,7H2,(H,18,20)/t11-/m1/s1. The van der Waals surface area contributed by atoms with Crippen LogP contribution in [0.15, 0.2) is 36.8 Å². The maximum atomic E-state index is 11.8. The van der Waals surface area contributed by atoms with Crippen LogP contribution >= 0.6 is 23.2 Å². The molecule has 2 rings (SSSR count). The average molecular weight is 312 g/mol. The minimum absolute atomic E-state index is 0.0289. The van der Waals surface area contributed by atoms with E-state index in [0.29, 0.717) is 15.6 Å². The summed E-state index contributed by atoms with van der Waals surface area (Å²) in [4.78, 5) is 19.4. The van der Waals surface area contributed by atoms with Crippen LogP contribution in [0.4, 0.5) is 0 Å². The lowest BCUT2D eigenvalue weighted by molar-refractivity contribution is 0.0911. The molecule has 0 aliphatic rings. The zero-order chi connectivity index (χ0) is 14.5. The van der Waals surface area contributed by atoms with Gasteiger partial charge >= 0.3 is 0 Å². The molecule has 0 saturated carbocycles. The fourth-order valence-electron chi connectivity index (χ4n) is 1.63. The molecule has 1 heterocycles. The van der Waals surface area contributed by atoms with Gasteiger partial charge in [-0.1, -0.05) is 29.3 Å². The van der Waals surface area contributed by atoms with Crippen LogP contribution in [0, 0.1) is 0 Å². The number of nitrogens with one attached hydrogen (secondary N) is 1. The Labute approximate surface area is 125 Å². The van der Waals surface area contributed by atoms with E-state index in [0.717, 1.165) is 0 Å². The maximum Gasteiger partial charge on any atom is 0.271 e. The Kier molecular flexibility index (Phi) is 4.89. The molecule has 0 radical (unpaired) electrons. The quantitative estimate of drug-likeness (QED) is 0.908. The molecule has 0 aliphatic heterocycles. The van der Waals surface area contributed by atoms with Crippen LogP contribution in [0.25, 0.3) is 0 Å². The van der Waals surface area contributed by atoms with E-state index in [2.05, 4.69) is 15.3 Å². The number of aliphatic hydroxyl groups is 1. The smallest absolute Gasteiger partial charge is 0.271 e. The molecule has 2 aromatic rings. The third kappa shape index (κ3) is 3.45. The van der Waals surface area contributed by atoms with Crippen molar-refractivity contribution < 1.29 is 9.90 Å². The van der Waals surface area contributed by atoms with Gasteiger partial charge in [-0.3, -0.25) is 9.78 Å². The van der Waals surface area contributed by atoms with Gasteiger partial charge in [-0.15, -0.1) is 0 Å². The minimum atomic E-state index is -1.00. The summed E-state index contributed by atoms with van der Waals surface area (Å²) in [6.45, 7) is -0.0289. The van der Waals surface area contributed by atoms with Crippen molar-refractivity contribution in [2.45, 2.75) is 6.10 Å². The van der Waals surface area contributed by atoms with Crippen molar-refractivity contribution in [3.05, 3.63) is 58.1 Å². The second-order valence-corrected chi connectivity index (χ2v) is 4.77. The molecule has 1 amide bonds. The van der Waals surface area contributed by atoms with Gasteiger partial charge in [0.2, 0.25) is 0 Å². The molecule has 20 heavy (non-hydrogen) atoms. The lowest BCUT2D eigenvalue weighted by Crippen LogP contribution is -2.29. The van der Waals surface area contributed by atoms with Crippen LogP contribution in [0.2, 0.25) is 10.0 Å². The van der Waals surface area contributed by atoms with E-state index < -0.39 is 12.0 Å². The Morgan fingerprint density at radius 3 is 2.60 bits per heavy atom. The van der Waals surface area contributed by atoms with Crippen molar-refractivity contribution in [3.8, 4) is 0 Å². The lowest BCUT2D eigenvalue weighted by Gasteiger charge is -2.15. The van der Waals surface area contributed by atoms with E-state index in [9.17, 15) is 9.90 Å². The van der Waals surface area contributed by atoms with Gasteiger partial charge in [0.25, 0.3) is 5.91 Å². The zero-order valence-corrected chi connectivity index (χ0v) is 11.8. The number of benzene rings is 1. The van der Waals surface area contributed by atoms with Gasteiger partial charge < -0.3 is 10.4 Å². The predicted octanol–water partition coefficient (Wildman–Crippen LogP) is 2.25. The van der Waals surface area contributed by atoms with E-state index >= 15 is 0 Å². The molecule has 0 saturated heterocycles. The molecule has 0 fully saturated rings. The van der Waals surface area contributed by atoms with Gasteiger partial charge in [0.15, 0.2) is 0 Å². The molecule has 104 valence electrons. The number of aromatic nitrogens is 2. The van der Waals surface area contributed by atoms with E-state index in [1.165, 1.54) is 18.6 Å². The first-order chi connectivity index (χ1) is 9.59. The first-order valence-electron chi connectivity index (χ1n) is 5.75. The number of aliphatic hydroxyl groups excluding tert-OH is 1. The molecule has 1 aromatic carbocycles. The van der Waals surface area contributed by atoms with Gasteiger partial charge in [0.05, 0.1) is 12.3 Å². The average Bonchev–Trinajstić information content (AvgIpc) is 2.45. The largest absolute Gasteiger partial charge is 0.386 e. The van der Waals surface area contributed by atoms with Crippen molar-refractivity contribution in [1.29, 1.82) is 0 Å². The zero-order valence-electron chi connectivity index (χ0n) is 10.3. The highest BCUT2D eigenvalue weighted by molar-refractivity contribution is 6.36. The topological polar surface area (TPSA) is 75.1 Å². The van der Waals surface area contributed by atoms with Crippen molar-refractivity contribution in [3.63, 3.8) is 0 Å². The van der Waals surface area contributed by atoms with E-state index in [4.69, 9.17) is 23.2 Å². The van der Waals surface area contributed by atoms with Crippen molar-refractivity contribution in [1.82, 2.24) is 15.3 Å². The highest BCUT2D eigenvalue weighted by atomic mass is 35.5. The summed E-state index contributed by atoms with van der Waals surface area (Å²) in [5.74, 6) is -0.430. The third-order valence-electron chi connectivity index (χ3n) is 2.58. The predicted molar refractivity (Wildman–Crippen MR) is 75.8 cm³/mol. The van der Waals surface area contributed by atoms with Crippen LogP contribution in [-0.4, -0.2) is 27.5 Å². The molecule has 0 aliphatic carbocycles. The number of amides is 1. The summed E-state index contributed by atoms with van der Waals surface area (Å²) in [7, 11) is 0. The molecule has 2 N–H and O–H groups in total. The number of carbonyl (C=O) groups excluding carboxylic acids is 1. The Hall–Kier alpha value is -1.69. The van der Waals surface area contributed by atoms with E-state index in [-0.39, 0.29) is 12.2 Å². The molecule has 7 heteroatoms. The van der Waals surface area contributed by atoms with Crippen LogP contribution in [0.3, 0.4) is 0 Å². The van der Waals surface area contributed by atoms with Gasteiger partial charge in [0.1, 0.15) is 5.69 Å². The van der Waals surface area contributed by atoms with Crippen molar-refractivity contribution in [2.75, 3.05) is 6.54 Å². The Morgan fingerprint density at radius 1 is 1.30 bits per heavy atom. The Morgan fingerprint density at radius 2 is 2.00 bits per heavy atom. The number of rotatable bonds is 4. The highest BCUT2D eigenvalue weighted by Crippen LogP contribution is 2.29. The molecule has 0 unspecified atom stereocenters. The molecule has 0 spiro atoms. The van der Waals surface area contributed by atoms with Crippen molar-refractivity contribution in [2.24, 2.45) is 0 Å². The second-order valence-electron chi connectivity index (χ2n) is 3.95. The van der Waals surface area contributed by atoms with E-state index in [1.54, 1.807) is 18.2 Å². The van der Waals surface area contributed by atoms with Crippen molar-refractivity contribution >= 4 is 29.1 Å². The molecule has 0 bridgehead atoms. The van der Waals surface area contributed by atoms with Crippen LogP contribution in [0.5, 0.6) is 0 Å². The summed E-state index contributed by atoms with van der Waals surface area (Å²) in [5, 5.41) is 13.3.